The van der Waals surface area contributed by atoms with Crippen molar-refractivity contribution in [1.29, 1.82) is 0 Å². The standard InChI is InChI=1S/C22H24F2N2O6S/c1-11(25-21(29)32-22(2,3)4)18(28)26-19-15(12-10-30-8-9-31-20(12)33-19)17(27)16-13(23)6-5-7-14(16)24/h5-7,11H,8-10H2,1-4H3,(H,25,29)(H,26,28)/t11-/m0/s1/i8D2,9D2. The number of ether oxygens (including phenoxy) is 3. The average Bonchev–Trinajstić information content (AvgIpc) is 3.02. The van der Waals surface area contributed by atoms with E-state index < -0.39 is 71.9 Å². The van der Waals surface area contributed by atoms with Gasteiger partial charge < -0.3 is 24.8 Å². The number of ketones is 1. The van der Waals surface area contributed by atoms with E-state index in [0.29, 0.717) is 11.3 Å². The Hall–Kier alpha value is -3.05. The number of hydrogen-bond acceptors (Lipinski definition) is 7. The van der Waals surface area contributed by atoms with Gasteiger partial charge in [0, 0.05) is 5.56 Å². The van der Waals surface area contributed by atoms with Gasteiger partial charge in [0.2, 0.25) is 11.7 Å². The number of carbonyl (C=O) groups is 3. The van der Waals surface area contributed by atoms with Crippen molar-refractivity contribution < 1.29 is 42.9 Å². The molecule has 2 N–H and O–H groups in total. The summed E-state index contributed by atoms with van der Waals surface area (Å²) >= 11 is 0.537. The minimum absolute atomic E-state index is 0.217. The summed E-state index contributed by atoms with van der Waals surface area (Å²) in [5.41, 5.74) is -2.48. The number of halogens is 2. The Morgan fingerprint density at radius 1 is 1.18 bits per heavy atom. The number of nitrogens with one attached hydrogen (secondary N) is 2. The van der Waals surface area contributed by atoms with Crippen LogP contribution in [0.2, 0.25) is 0 Å². The highest BCUT2D eigenvalue weighted by atomic mass is 32.1. The summed E-state index contributed by atoms with van der Waals surface area (Å²) in [6.45, 7) is -0.472. The number of rotatable bonds is 5. The lowest BCUT2D eigenvalue weighted by molar-refractivity contribution is -0.117. The van der Waals surface area contributed by atoms with Gasteiger partial charge in [-0.1, -0.05) is 17.4 Å². The van der Waals surface area contributed by atoms with Crippen LogP contribution >= 0.6 is 11.3 Å². The zero-order valence-corrected chi connectivity index (χ0v) is 18.9. The first-order valence-electron chi connectivity index (χ1n) is 11.7. The number of fused-ring (bicyclic) bond motifs is 1. The number of amides is 2. The first-order chi connectivity index (χ1) is 16.9. The molecule has 1 aromatic carbocycles. The molecule has 0 aliphatic carbocycles. The largest absolute Gasteiger partial charge is 0.481 e. The molecule has 2 amide bonds. The number of benzene rings is 1. The molecule has 0 fully saturated rings. The highest BCUT2D eigenvalue weighted by molar-refractivity contribution is 7.18. The Bertz CT molecular complexity index is 1230. The van der Waals surface area contributed by atoms with Crippen molar-refractivity contribution in [2.75, 3.05) is 18.4 Å². The van der Waals surface area contributed by atoms with Crippen LogP contribution in [0.1, 0.15) is 54.7 Å². The van der Waals surface area contributed by atoms with Crippen molar-refractivity contribution >= 4 is 34.1 Å². The highest BCUT2D eigenvalue weighted by Crippen LogP contribution is 2.42. The molecule has 0 radical (unpaired) electrons. The molecule has 11 heteroatoms. The molecule has 1 aliphatic heterocycles. The lowest BCUT2D eigenvalue weighted by Crippen LogP contribution is -2.44. The smallest absolute Gasteiger partial charge is 0.408 e. The molecular formula is C22H24F2N2O6S. The summed E-state index contributed by atoms with van der Waals surface area (Å²) in [5.74, 6) is -4.44. The number of alkyl carbamates (subject to hydrolysis) is 1. The summed E-state index contributed by atoms with van der Waals surface area (Å²) in [6, 6.07) is 1.58. The van der Waals surface area contributed by atoms with E-state index in [1.165, 1.54) is 6.92 Å². The molecule has 0 bridgehead atoms. The van der Waals surface area contributed by atoms with Crippen LogP contribution in [0.15, 0.2) is 18.2 Å². The average molecular weight is 487 g/mol. The predicted octanol–water partition coefficient (Wildman–Crippen LogP) is 4.02. The van der Waals surface area contributed by atoms with Crippen LogP contribution in [-0.4, -0.2) is 42.5 Å². The lowest BCUT2D eigenvalue weighted by atomic mass is 10.0. The number of anilines is 1. The van der Waals surface area contributed by atoms with Gasteiger partial charge in [0.25, 0.3) is 0 Å². The van der Waals surface area contributed by atoms with E-state index in [0.717, 1.165) is 18.2 Å². The van der Waals surface area contributed by atoms with Gasteiger partial charge in [-0.25, -0.2) is 13.6 Å². The molecule has 1 atom stereocenters. The van der Waals surface area contributed by atoms with E-state index >= 15 is 0 Å². The van der Waals surface area contributed by atoms with E-state index in [4.69, 9.17) is 19.7 Å². The third-order valence-electron chi connectivity index (χ3n) is 4.22. The van der Waals surface area contributed by atoms with E-state index in [-0.39, 0.29) is 15.6 Å². The number of hydrogen-bond donors (Lipinski definition) is 2. The normalized spacial score (nSPS) is 19.2. The summed E-state index contributed by atoms with van der Waals surface area (Å²) in [7, 11) is 0. The molecule has 8 nitrogen and oxygen atoms in total. The van der Waals surface area contributed by atoms with Crippen LogP contribution in [0, 0.1) is 11.6 Å². The van der Waals surface area contributed by atoms with Gasteiger partial charge >= 0.3 is 6.09 Å². The van der Waals surface area contributed by atoms with Gasteiger partial charge in [-0.3, -0.25) is 9.59 Å². The minimum Gasteiger partial charge on any atom is -0.481 e. The molecule has 1 aromatic heterocycles. The number of carbonyl (C=O) groups excluding carboxylic acids is 3. The second-order valence-corrected chi connectivity index (χ2v) is 8.93. The Morgan fingerprint density at radius 3 is 2.48 bits per heavy atom. The molecule has 33 heavy (non-hydrogen) atoms. The van der Waals surface area contributed by atoms with Gasteiger partial charge in [0.05, 0.1) is 29.8 Å². The summed E-state index contributed by atoms with van der Waals surface area (Å²) in [6.07, 6.45) is -0.894. The maximum absolute atomic E-state index is 14.5. The topological polar surface area (TPSA) is 103 Å². The molecule has 1 aliphatic rings. The third kappa shape index (κ3) is 5.85. The zero-order chi connectivity index (χ0) is 27.9. The first kappa shape index (κ1) is 19.4. The van der Waals surface area contributed by atoms with Crippen molar-refractivity contribution in [3.05, 3.63) is 46.5 Å². The lowest BCUT2D eigenvalue weighted by Gasteiger charge is -2.21. The minimum atomic E-state index is -3.01. The van der Waals surface area contributed by atoms with Crippen molar-refractivity contribution in [2.24, 2.45) is 0 Å². The van der Waals surface area contributed by atoms with Crippen LogP contribution in [0.4, 0.5) is 18.6 Å². The Balaban J connectivity index is 2.02. The van der Waals surface area contributed by atoms with Crippen LogP contribution in [0.25, 0.3) is 0 Å². The molecule has 0 spiro atoms. The fourth-order valence-corrected chi connectivity index (χ4v) is 3.82. The molecule has 0 saturated heterocycles. The van der Waals surface area contributed by atoms with E-state index in [1.807, 2.05) is 0 Å². The molecule has 178 valence electrons. The Morgan fingerprint density at radius 2 is 1.85 bits per heavy atom. The SMILES string of the molecule is [2H]C1([2H])OCc2c(sc(NC(=O)[C@H](C)NC(=O)OC(C)(C)C)c2C(=O)c2c(F)cccc2F)OC1([2H])[2H]. The van der Waals surface area contributed by atoms with Crippen LogP contribution < -0.4 is 15.4 Å². The van der Waals surface area contributed by atoms with Crippen LogP contribution in [0.5, 0.6) is 5.06 Å². The fraction of sp³-hybridized carbons (Fsp3) is 0.409. The van der Waals surface area contributed by atoms with Crippen molar-refractivity contribution in [1.82, 2.24) is 5.32 Å². The van der Waals surface area contributed by atoms with E-state index in [1.54, 1.807) is 20.8 Å². The summed E-state index contributed by atoms with van der Waals surface area (Å²) in [5, 5.41) is 4.08. The van der Waals surface area contributed by atoms with Gasteiger partial charge in [-0.2, -0.15) is 0 Å². The second kappa shape index (κ2) is 9.84. The number of thiophene rings is 1. The fourth-order valence-electron chi connectivity index (χ4n) is 2.80. The molecule has 2 heterocycles. The van der Waals surface area contributed by atoms with Crippen LogP contribution in [0.3, 0.4) is 0 Å². The Labute approximate surface area is 198 Å². The van der Waals surface area contributed by atoms with Gasteiger partial charge in [-0.15, -0.1) is 0 Å². The third-order valence-corrected chi connectivity index (χ3v) is 5.25. The van der Waals surface area contributed by atoms with E-state index in [9.17, 15) is 23.2 Å². The molecule has 2 aromatic rings. The monoisotopic (exact) mass is 486 g/mol. The maximum atomic E-state index is 14.5. The highest BCUT2D eigenvalue weighted by Gasteiger charge is 2.32. The Kier molecular flexibility index (Phi) is 5.79. The molecule has 0 unspecified atom stereocenters. The maximum Gasteiger partial charge on any atom is 0.408 e. The summed E-state index contributed by atoms with van der Waals surface area (Å²) in [4.78, 5) is 38.2. The van der Waals surface area contributed by atoms with Gasteiger partial charge in [0.15, 0.2) is 5.06 Å². The second-order valence-electron chi connectivity index (χ2n) is 7.95. The molecule has 0 saturated carbocycles. The van der Waals surface area contributed by atoms with Gasteiger partial charge in [-0.05, 0) is 39.8 Å². The molecule has 3 rings (SSSR count). The quantitative estimate of drug-likeness (QED) is 0.619. The predicted molar refractivity (Wildman–Crippen MR) is 117 cm³/mol. The van der Waals surface area contributed by atoms with Crippen molar-refractivity contribution in [3.8, 4) is 5.06 Å². The zero-order valence-electron chi connectivity index (χ0n) is 22.1. The van der Waals surface area contributed by atoms with Crippen molar-refractivity contribution in [2.45, 2.75) is 45.9 Å². The van der Waals surface area contributed by atoms with Gasteiger partial charge in [0.1, 0.15) is 34.8 Å². The first-order valence-corrected chi connectivity index (χ1v) is 10.5. The summed E-state index contributed by atoms with van der Waals surface area (Å²) < 4.78 is 75.5. The molecular weight excluding hydrogens is 458 g/mol. The van der Waals surface area contributed by atoms with Crippen LogP contribution in [-0.2, 0) is 20.9 Å². The van der Waals surface area contributed by atoms with E-state index in [2.05, 4.69) is 10.6 Å². The van der Waals surface area contributed by atoms with Crippen molar-refractivity contribution in [3.63, 3.8) is 0 Å².